The maximum absolute atomic E-state index is 11.6. The smallest absolute Gasteiger partial charge is 0.227 e. The number of ether oxygens (including phenoxy) is 1. The van der Waals surface area contributed by atoms with Crippen molar-refractivity contribution >= 4 is 56.0 Å². The number of anilines is 1. The fourth-order valence-corrected chi connectivity index (χ4v) is 3.28. The molecule has 0 aliphatic heterocycles. The number of hydrogen-bond donors (Lipinski definition) is 2. The Labute approximate surface area is 170 Å². The van der Waals surface area contributed by atoms with Crippen LogP contribution in [0.2, 0.25) is 0 Å². The van der Waals surface area contributed by atoms with Gasteiger partial charge in [-0.2, -0.15) is 0 Å². The van der Waals surface area contributed by atoms with Gasteiger partial charge in [-0.1, -0.05) is 6.92 Å². The maximum Gasteiger partial charge on any atom is 0.227 e. The predicted octanol–water partition coefficient (Wildman–Crippen LogP) is 4.88. The number of carbonyl (C=O) groups excluding carboxylic acids is 1. The molecule has 3 rings (SSSR count). The van der Waals surface area contributed by atoms with Crippen LogP contribution in [0.5, 0.6) is 5.75 Å². The van der Waals surface area contributed by atoms with Crippen LogP contribution in [0.25, 0.3) is 22.6 Å². The summed E-state index contributed by atoms with van der Waals surface area (Å²) in [5.74, 6) is 1.13. The molecule has 0 saturated heterocycles. The number of rotatable bonds is 5. The second-order valence-electron chi connectivity index (χ2n) is 5.80. The molecular formula is C19H18BrN3O3S. The maximum atomic E-state index is 11.6. The zero-order valence-electron chi connectivity index (χ0n) is 14.8. The Morgan fingerprint density at radius 1 is 1.30 bits per heavy atom. The van der Waals surface area contributed by atoms with E-state index >= 15 is 0 Å². The third-order valence-corrected chi connectivity index (χ3v) is 4.60. The second-order valence-corrected chi connectivity index (χ2v) is 7.07. The lowest BCUT2D eigenvalue weighted by molar-refractivity contribution is -0.119. The summed E-state index contributed by atoms with van der Waals surface area (Å²) in [6.45, 7) is 1.94. The summed E-state index contributed by atoms with van der Waals surface area (Å²) in [4.78, 5) is 16.1. The highest BCUT2D eigenvalue weighted by Gasteiger charge is 2.12. The monoisotopic (exact) mass is 447 g/mol. The largest absolute Gasteiger partial charge is 0.496 e. The minimum atomic E-state index is -0.107. The Morgan fingerprint density at radius 3 is 2.81 bits per heavy atom. The number of benzene rings is 2. The highest BCUT2D eigenvalue weighted by Crippen LogP contribution is 2.32. The molecule has 1 amide bonds. The van der Waals surface area contributed by atoms with Gasteiger partial charge in [0, 0.05) is 17.7 Å². The first-order chi connectivity index (χ1) is 13.0. The molecule has 0 aliphatic carbocycles. The Hall–Kier alpha value is -2.45. The molecule has 27 heavy (non-hydrogen) atoms. The molecule has 3 aromatic rings. The molecule has 0 fully saturated rings. The molecule has 0 radical (unpaired) electrons. The lowest BCUT2D eigenvalue weighted by Gasteiger charge is -2.08. The highest BCUT2D eigenvalue weighted by molar-refractivity contribution is 9.10. The summed E-state index contributed by atoms with van der Waals surface area (Å²) in [7, 11) is 1.61. The lowest BCUT2D eigenvalue weighted by Crippen LogP contribution is -2.33. The van der Waals surface area contributed by atoms with E-state index in [0.29, 0.717) is 23.4 Å². The quantitative estimate of drug-likeness (QED) is 0.542. The van der Waals surface area contributed by atoms with Gasteiger partial charge in [-0.3, -0.25) is 4.79 Å². The van der Waals surface area contributed by atoms with Crippen LogP contribution in [-0.2, 0) is 4.79 Å². The minimum absolute atomic E-state index is 0.107. The molecule has 0 unspecified atom stereocenters. The number of oxazole rings is 1. The standard InChI is InChI=1S/C19H18BrN3O3S/c1-3-4-17(24)23-19(27)21-12-6-8-16-14(10-12)22-18(26-16)11-5-7-15(25-2)13(20)9-11/h5-10H,3-4H2,1-2H3,(H2,21,23,24,27). The first-order valence-corrected chi connectivity index (χ1v) is 9.55. The molecule has 2 aromatic carbocycles. The number of nitrogens with one attached hydrogen (secondary N) is 2. The van der Waals surface area contributed by atoms with Gasteiger partial charge in [0.1, 0.15) is 11.3 Å². The topological polar surface area (TPSA) is 76.4 Å². The fourth-order valence-electron chi connectivity index (χ4n) is 2.51. The van der Waals surface area contributed by atoms with Crippen molar-refractivity contribution in [2.24, 2.45) is 0 Å². The number of amides is 1. The van der Waals surface area contributed by atoms with Crippen molar-refractivity contribution in [1.82, 2.24) is 10.3 Å². The van der Waals surface area contributed by atoms with Gasteiger partial charge in [-0.15, -0.1) is 0 Å². The van der Waals surface area contributed by atoms with E-state index in [-0.39, 0.29) is 11.0 Å². The van der Waals surface area contributed by atoms with E-state index in [1.165, 1.54) is 0 Å². The minimum Gasteiger partial charge on any atom is -0.496 e. The van der Waals surface area contributed by atoms with Crippen molar-refractivity contribution in [2.75, 3.05) is 12.4 Å². The molecule has 1 aromatic heterocycles. The van der Waals surface area contributed by atoms with Crippen LogP contribution in [0.3, 0.4) is 0 Å². The molecule has 6 nitrogen and oxygen atoms in total. The van der Waals surface area contributed by atoms with Gasteiger partial charge in [-0.05, 0) is 71.0 Å². The number of hydrogen-bond acceptors (Lipinski definition) is 5. The molecule has 2 N–H and O–H groups in total. The molecule has 0 spiro atoms. The average Bonchev–Trinajstić information content (AvgIpc) is 3.05. The number of halogens is 1. The normalized spacial score (nSPS) is 10.6. The summed E-state index contributed by atoms with van der Waals surface area (Å²) in [5, 5.41) is 5.90. The number of thiocarbonyl (C=S) groups is 1. The molecular weight excluding hydrogens is 430 g/mol. The van der Waals surface area contributed by atoms with E-state index in [1.807, 2.05) is 43.3 Å². The van der Waals surface area contributed by atoms with E-state index in [4.69, 9.17) is 21.4 Å². The summed E-state index contributed by atoms with van der Waals surface area (Å²) in [5.41, 5.74) is 2.89. The molecule has 140 valence electrons. The first-order valence-electron chi connectivity index (χ1n) is 8.35. The Bertz CT molecular complexity index is 1000. The van der Waals surface area contributed by atoms with E-state index in [0.717, 1.165) is 27.9 Å². The molecule has 0 saturated carbocycles. The highest BCUT2D eigenvalue weighted by atomic mass is 79.9. The van der Waals surface area contributed by atoms with Gasteiger partial charge in [0.05, 0.1) is 11.6 Å². The van der Waals surface area contributed by atoms with Gasteiger partial charge in [0.25, 0.3) is 0 Å². The van der Waals surface area contributed by atoms with E-state index in [9.17, 15) is 4.79 Å². The summed E-state index contributed by atoms with van der Waals surface area (Å²) in [6.07, 6.45) is 1.20. The molecule has 0 bridgehead atoms. The third-order valence-electron chi connectivity index (χ3n) is 3.77. The van der Waals surface area contributed by atoms with Crippen LogP contribution in [0.4, 0.5) is 5.69 Å². The van der Waals surface area contributed by atoms with Crippen molar-refractivity contribution in [2.45, 2.75) is 19.8 Å². The first kappa shape index (κ1) is 19.3. The number of aromatic nitrogens is 1. The van der Waals surface area contributed by atoms with E-state index < -0.39 is 0 Å². The zero-order chi connectivity index (χ0) is 19.4. The predicted molar refractivity (Wildman–Crippen MR) is 113 cm³/mol. The van der Waals surface area contributed by atoms with Crippen LogP contribution in [0, 0.1) is 0 Å². The number of carbonyl (C=O) groups is 1. The van der Waals surface area contributed by atoms with E-state index in [1.54, 1.807) is 7.11 Å². The van der Waals surface area contributed by atoms with Gasteiger partial charge < -0.3 is 19.8 Å². The average molecular weight is 448 g/mol. The van der Waals surface area contributed by atoms with Gasteiger partial charge in [-0.25, -0.2) is 4.98 Å². The summed E-state index contributed by atoms with van der Waals surface area (Å²) >= 11 is 8.63. The third kappa shape index (κ3) is 4.64. The Balaban J connectivity index is 1.79. The fraction of sp³-hybridized carbons (Fsp3) is 0.211. The van der Waals surface area contributed by atoms with Crippen LogP contribution in [-0.4, -0.2) is 23.1 Å². The molecule has 0 atom stereocenters. The second kappa shape index (κ2) is 8.49. The van der Waals surface area contributed by atoms with Crippen LogP contribution < -0.4 is 15.4 Å². The zero-order valence-corrected chi connectivity index (χ0v) is 17.2. The molecule has 1 heterocycles. The van der Waals surface area contributed by atoms with Crippen LogP contribution in [0.15, 0.2) is 45.3 Å². The van der Waals surface area contributed by atoms with E-state index in [2.05, 4.69) is 31.5 Å². The summed E-state index contributed by atoms with van der Waals surface area (Å²) < 4.78 is 11.9. The molecule has 8 heteroatoms. The van der Waals surface area contributed by atoms with Crippen molar-refractivity contribution in [3.63, 3.8) is 0 Å². The van der Waals surface area contributed by atoms with Gasteiger partial charge in [0.2, 0.25) is 11.8 Å². The lowest BCUT2D eigenvalue weighted by atomic mass is 10.2. The van der Waals surface area contributed by atoms with Gasteiger partial charge >= 0.3 is 0 Å². The van der Waals surface area contributed by atoms with Crippen molar-refractivity contribution in [3.8, 4) is 17.2 Å². The number of fused-ring (bicyclic) bond motifs is 1. The number of nitrogens with zero attached hydrogens (tertiary/aromatic N) is 1. The Kier molecular flexibility index (Phi) is 6.08. The van der Waals surface area contributed by atoms with Gasteiger partial charge in [0.15, 0.2) is 10.7 Å². The SMILES string of the molecule is CCCC(=O)NC(=S)Nc1ccc2oc(-c3ccc(OC)c(Br)c3)nc2c1. The molecule has 0 aliphatic rings. The van der Waals surface area contributed by atoms with Crippen LogP contribution >= 0.6 is 28.1 Å². The van der Waals surface area contributed by atoms with Crippen molar-refractivity contribution < 1.29 is 13.9 Å². The van der Waals surface area contributed by atoms with Crippen molar-refractivity contribution in [3.05, 3.63) is 40.9 Å². The Morgan fingerprint density at radius 2 is 2.11 bits per heavy atom. The summed E-state index contributed by atoms with van der Waals surface area (Å²) in [6, 6.07) is 11.1. The van der Waals surface area contributed by atoms with Crippen molar-refractivity contribution in [1.29, 1.82) is 0 Å². The number of methoxy groups -OCH3 is 1. The van der Waals surface area contributed by atoms with Crippen LogP contribution in [0.1, 0.15) is 19.8 Å².